The van der Waals surface area contributed by atoms with Crippen LogP contribution in [-0.4, -0.2) is 32.4 Å². The summed E-state index contributed by atoms with van der Waals surface area (Å²) < 4.78 is 27.0. The summed E-state index contributed by atoms with van der Waals surface area (Å²) in [4.78, 5) is 1.54. The average molecular weight is 316 g/mol. The fourth-order valence-electron chi connectivity index (χ4n) is 2.13. The third kappa shape index (κ3) is 4.04. The van der Waals surface area contributed by atoms with Crippen LogP contribution in [-0.2, 0) is 16.6 Å². The molecule has 1 aliphatic rings. The largest absolute Gasteiger partial charge is 0.312 e. The Hall–Kier alpha value is -0.430. The van der Waals surface area contributed by atoms with Crippen molar-refractivity contribution < 1.29 is 8.42 Å². The zero-order chi connectivity index (χ0) is 14.6. The number of rotatable bonds is 9. The summed E-state index contributed by atoms with van der Waals surface area (Å²) in [6.07, 6.45) is 3.20. The highest BCUT2D eigenvalue weighted by Crippen LogP contribution is 2.32. The van der Waals surface area contributed by atoms with E-state index in [1.165, 1.54) is 24.2 Å². The molecule has 4 nitrogen and oxygen atoms in total. The van der Waals surface area contributed by atoms with Gasteiger partial charge in [-0.05, 0) is 37.8 Å². The van der Waals surface area contributed by atoms with Crippen molar-refractivity contribution in [3.05, 3.63) is 16.3 Å². The standard InChI is InChI=1S/C14H24N2O2S2/c1-3-7-16(10-12-5-6-12)20(17,18)14-8-13(19-11-14)9-15-4-2/h8,11-12,15H,3-7,9-10H2,1-2H3. The van der Waals surface area contributed by atoms with Crippen molar-refractivity contribution in [2.75, 3.05) is 19.6 Å². The molecular weight excluding hydrogens is 292 g/mol. The maximum atomic E-state index is 12.7. The van der Waals surface area contributed by atoms with E-state index >= 15 is 0 Å². The van der Waals surface area contributed by atoms with E-state index < -0.39 is 10.0 Å². The van der Waals surface area contributed by atoms with Crippen molar-refractivity contribution in [2.24, 2.45) is 5.92 Å². The van der Waals surface area contributed by atoms with Gasteiger partial charge in [0, 0.05) is 29.9 Å². The second kappa shape index (κ2) is 7.02. The van der Waals surface area contributed by atoms with E-state index in [1.54, 1.807) is 9.69 Å². The molecule has 0 aliphatic heterocycles. The molecule has 1 aliphatic carbocycles. The molecule has 114 valence electrons. The summed E-state index contributed by atoms with van der Waals surface area (Å²) in [5.41, 5.74) is 0. The van der Waals surface area contributed by atoms with Gasteiger partial charge in [-0.2, -0.15) is 4.31 Å². The van der Waals surface area contributed by atoms with Gasteiger partial charge in [-0.1, -0.05) is 13.8 Å². The van der Waals surface area contributed by atoms with Gasteiger partial charge in [0.05, 0.1) is 4.90 Å². The number of hydrogen-bond acceptors (Lipinski definition) is 4. The molecule has 1 aromatic rings. The first kappa shape index (κ1) is 15.9. The highest BCUT2D eigenvalue weighted by atomic mass is 32.2. The number of nitrogens with zero attached hydrogens (tertiary/aromatic N) is 1. The van der Waals surface area contributed by atoms with Crippen LogP contribution in [0.15, 0.2) is 16.3 Å². The molecule has 0 unspecified atom stereocenters. The average Bonchev–Trinajstić information content (AvgIpc) is 3.10. The minimum atomic E-state index is -3.31. The topological polar surface area (TPSA) is 49.4 Å². The van der Waals surface area contributed by atoms with Gasteiger partial charge >= 0.3 is 0 Å². The van der Waals surface area contributed by atoms with Crippen LogP contribution in [0.25, 0.3) is 0 Å². The lowest BCUT2D eigenvalue weighted by molar-refractivity contribution is 0.396. The highest BCUT2D eigenvalue weighted by molar-refractivity contribution is 7.89. The molecule has 0 atom stereocenters. The van der Waals surface area contributed by atoms with Gasteiger partial charge in [-0.15, -0.1) is 11.3 Å². The Morgan fingerprint density at radius 3 is 2.75 bits per heavy atom. The Morgan fingerprint density at radius 2 is 2.15 bits per heavy atom. The fraction of sp³-hybridized carbons (Fsp3) is 0.714. The zero-order valence-electron chi connectivity index (χ0n) is 12.3. The molecule has 20 heavy (non-hydrogen) atoms. The monoisotopic (exact) mass is 316 g/mol. The molecule has 1 N–H and O–H groups in total. The second-order valence-corrected chi connectivity index (χ2v) is 8.27. The van der Waals surface area contributed by atoms with Gasteiger partial charge in [0.25, 0.3) is 0 Å². The molecule has 1 saturated carbocycles. The van der Waals surface area contributed by atoms with E-state index in [9.17, 15) is 8.42 Å². The molecule has 0 amide bonds. The van der Waals surface area contributed by atoms with Gasteiger partial charge in [-0.3, -0.25) is 0 Å². The molecule has 0 saturated heterocycles. The predicted octanol–water partition coefficient (Wildman–Crippen LogP) is 2.67. The first-order valence-corrected chi connectivity index (χ1v) is 9.68. The maximum Gasteiger partial charge on any atom is 0.243 e. The zero-order valence-corrected chi connectivity index (χ0v) is 13.9. The quantitative estimate of drug-likeness (QED) is 0.762. The van der Waals surface area contributed by atoms with Gasteiger partial charge in [0.15, 0.2) is 0 Å². The van der Waals surface area contributed by atoms with Crippen LogP contribution in [0.1, 0.15) is 38.0 Å². The molecular formula is C14H24N2O2S2. The highest BCUT2D eigenvalue weighted by Gasteiger charge is 2.31. The second-order valence-electron chi connectivity index (χ2n) is 5.34. The smallest absolute Gasteiger partial charge is 0.243 e. The van der Waals surface area contributed by atoms with Crippen molar-refractivity contribution in [1.29, 1.82) is 0 Å². The van der Waals surface area contributed by atoms with Gasteiger partial charge in [0.1, 0.15) is 0 Å². The maximum absolute atomic E-state index is 12.7. The molecule has 2 rings (SSSR count). The van der Waals surface area contributed by atoms with E-state index in [-0.39, 0.29) is 0 Å². The Bertz CT molecular complexity index is 521. The van der Waals surface area contributed by atoms with Gasteiger partial charge < -0.3 is 5.32 Å². The first-order chi connectivity index (χ1) is 9.57. The number of thiophene rings is 1. The van der Waals surface area contributed by atoms with Crippen LogP contribution in [0.3, 0.4) is 0 Å². The normalized spacial score (nSPS) is 15.9. The summed E-state index contributed by atoms with van der Waals surface area (Å²) in [6.45, 7) is 7.02. The Labute approximate surface area is 126 Å². The third-order valence-corrected chi connectivity index (χ3v) is 6.38. The van der Waals surface area contributed by atoms with E-state index in [0.717, 1.165) is 24.4 Å². The van der Waals surface area contributed by atoms with Crippen molar-refractivity contribution in [1.82, 2.24) is 9.62 Å². The van der Waals surface area contributed by atoms with Crippen LogP contribution < -0.4 is 5.32 Å². The summed E-state index contributed by atoms with van der Waals surface area (Å²) in [6, 6.07) is 1.82. The summed E-state index contributed by atoms with van der Waals surface area (Å²) in [5.74, 6) is 0.580. The number of hydrogen-bond donors (Lipinski definition) is 1. The van der Waals surface area contributed by atoms with Crippen molar-refractivity contribution in [3.8, 4) is 0 Å². The molecule has 0 radical (unpaired) electrons. The fourth-order valence-corrected chi connectivity index (χ4v) is 4.97. The van der Waals surface area contributed by atoms with E-state index in [0.29, 0.717) is 23.9 Å². The SMILES string of the molecule is CCCN(CC1CC1)S(=O)(=O)c1csc(CNCC)c1. The Balaban J connectivity index is 2.11. The summed E-state index contributed by atoms with van der Waals surface area (Å²) >= 11 is 1.52. The minimum Gasteiger partial charge on any atom is -0.312 e. The minimum absolute atomic E-state index is 0.463. The Morgan fingerprint density at radius 1 is 1.40 bits per heavy atom. The van der Waals surface area contributed by atoms with Crippen LogP contribution in [0.5, 0.6) is 0 Å². The molecule has 0 bridgehead atoms. The number of sulfonamides is 1. The van der Waals surface area contributed by atoms with Gasteiger partial charge in [0.2, 0.25) is 10.0 Å². The van der Waals surface area contributed by atoms with Crippen LogP contribution in [0.2, 0.25) is 0 Å². The molecule has 6 heteroatoms. The Kier molecular flexibility index (Phi) is 5.60. The first-order valence-electron chi connectivity index (χ1n) is 7.36. The summed E-state index contributed by atoms with van der Waals surface area (Å²) in [7, 11) is -3.31. The van der Waals surface area contributed by atoms with Crippen LogP contribution in [0.4, 0.5) is 0 Å². The van der Waals surface area contributed by atoms with E-state index in [1.807, 2.05) is 19.9 Å². The third-order valence-electron chi connectivity index (χ3n) is 3.45. The lowest BCUT2D eigenvalue weighted by atomic mass is 10.4. The van der Waals surface area contributed by atoms with Crippen molar-refractivity contribution in [3.63, 3.8) is 0 Å². The summed E-state index contributed by atoms with van der Waals surface area (Å²) in [5, 5.41) is 5.00. The number of nitrogens with one attached hydrogen (secondary N) is 1. The molecule has 1 heterocycles. The van der Waals surface area contributed by atoms with Crippen LogP contribution in [0, 0.1) is 5.92 Å². The van der Waals surface area contributed by atoms with E-state index in [2.05, 4.69) is 5.32 Å². The molecule has 1 fully saturated rings. The van der Waals surface area contributed by atoms with Crippen LogP contribution >= 0.6 is 11.3 Å². The van der Waals surface area contributed by atoms with E-state index in [4.69, 9.17) is 0 Å². The molecule has 0 spiro atoms. The molecule has 1 aromatic heterocycles. The predicted molar refractivity (Wildman–Crippen MR) is 83.5 cm³/mol. The van der Waals surface area contributed by atoms with Crippen molar-refractivity contribution in [2.45, 2.75) is 44.6 Å². The lowest BCUT2D eigenvalue weighted by Gasteiger charge is -2.20. The molecule has 0 aromatic carbocycles. The van der Waals surface area contributed by atoms with Gasteiger partial charge in [-0.25, -0.2) is 8.42 Å². The van der Waals surface area contributed by atoms with Crippen molar-refractivity contribution >= 4 is 21.4 Å². The lowest BCUT2D eigenvalue weighted by Crippen LogP contribution is -2.33.